The number of nitrogens with zero attached hydrogens (tertiary/aromatic N) is 1. The van der Waals surface area contributed by atoms with E-state index in [1.807, 2.05) is 19.1 Å². The number of rotatable bonds is 6. The number of amides is 1. The van der Waals surface area contributed by atoms with Gasteiger partial charge in [0.1, 0.15) is 12.4 Å². The van der Waals surface area contributed by atoms with Crippen molar-refractivity contribution in [3.8, 4) is 11.8 Å². The highest BCUT2D eigenvalue weighted by Crippen LogP contribution is 2.38. The molecule has 29 heavy (non-hydrogen) atoms. The molecule has 3 rings (SSSR count). The number of carbonyl (C=O) groups is 1. The van der Waals surface area contributed by atoms with Crippen molar-refractivity contribution in [2.45, 2.75) is 44.0 Å². The van der Waals surface area contributed by atoms with Gasteiger partial charge in [-0.2, -0.15) is 5.26 Å². The van der Waals surface area contributed by atoms with Gasteiger partial charge in [-0.1, -0.05) is 25.0 Å². The Morgan fingerprint density at radius 3 is 2.55 bits per heavy atom. The molecule has 1 N–H and O–H groups in total. The zero-order chi connectivity index (χ0) is 21.1. The van der Waals surface area contributed by atoms with Crippen LogP contribution in [0.2, 0.25) is 0 Å². The normalized spacial score (nSPS) is 15.5. The maximum Gasteiger partial charge on any atom is 0.245 e. The smallest absolute Gasteiger partial charge is 0.245 e. The Morgan fingerprint density at radius 1 is 1.21 bits per heavy atom. The van der Waals surface area contributed by atoms with E-state index in [9.17, 15) is 13.2 Å². The van der Waals surface area contributed by atoms with Crippen molar-refractivity contribution in [1.29, 1.82) is 5.26 Å². The molecule has 1 aliphatic carbocycles. The average Bonchev–Trinajstić information content (AvgIpc) is 3.20. The highest BCUT2D eigenvalue weighted by molar-refractivity contribution is 7.92. The van der Waals surface area contributed by atoms with Crippen LogP contribution in [0.3, 0.4) is 0 Å². The summed E-state index contributed by atoms with van der Waals surface area (Å²) in [7, 11) is -3.51. The maximum absolute atomic E-state index is 12.8. The molecule has 152 valence electrons. The van der Waals surface area contributed by atoms with Crippen molar-refractivity contribution in [1.82, 2.24) is 0 Å². The van der Waals surface area contributed by atoms with Crippen LogP contribution in [0.15, 0.2) is 42.5 Å². The van der Waals surface area contributed by atoms with E-state index in [0.29, 0.717) is 36.4 Å². The number of hydrogen-bond donors (Lipinski definition) is 1. The number of carbonyl (C=O) groups excluding carboxylic acids is 1. The van der Waals surface area contributed by atoms with Gasteiger partial charge in [0, 0.05) is 11.9 Å². The quantitative estimate of drug-likeness (QED) is 0.780. The molecule has 0 spiro atoms. The first-order valence-electron chi connectivity index (χ1n) is 9.49. The predicted molar refractivity (Wildman–Crippen MR) is 111 cm³/mol. The van der Waals surface area contributed by atoms with Gasteiger partial charge in [0.05, 0.1) is 11.6 Å². The van der Waals surface area contributed by atoms with Crippen molar-refractivity contribution < 1.29 is 17.9 Å². The summed E-state index contributed by atoms with van der Waals surface area (Å²) in [4.78, 5) is 12.8. The van der Waals surface area contributed by atoms with E-state index in [1.54, 1.807) is 30.3 Å². The van der Waals surface area contributed by atoms with Gasteiger partial charge in [-0.25, -0.2) is 8.42 Å². The molecule has 0 atom stereocenters. The Balaban J connectivity index is 1.71. The summed E-state index contributed by atoms with van der Waals surface area (Å²) in [5, 5.41) is 11.8. The maximum atomic E-state index is 12.8. The minimum Gasteiger partial charge on any atom is -0.489 e. The lowest BCUT2D eigenvalue weighted by molar-refractivity contribution is -0.118. The molecule has 7 heteroatoms. The summed E-state index contributed by atoms with van der Waals surface area (Å²) < 4.78 is 29.0. The fraction of sp³-hybridized carbons (Fsp3) is 0.364. The SMILES string of the molecule is Cc1cc(OCc2cccc(C#N)c2)ccc1NC(=O)C1(S(C)(=O)=O)CCCC1. The molecule has 1 aliphatic rings. The first kappa shape index (κ1) is 20.9. The van der Waals surface area contributed by atoms with Crippen LogP contribution in [-0.2, 0) is 21.2 Å². The zero-order valence-electron chi connectivity index (χ0n) is 16.6. The summed E-state index contributed by atoms with van der Waals surface area (Å²) >= 11 is 0. The Morgan fingerprint density at radius 2 is 1.93 bits per heavy atom. The number of sulfone groups is 1. The van der Waals surface area contributed by atoms with E-state index in [4.69, 9.17) is 10.00 Å². The molecule has 2 aromatic carbocycles. The number of nitriles is 1. The van der Waals surface area contributed by atoms with E-state index < -0.39 is 20.5 Å². The Bertz CT molecular complexity index is 1060. The van der Waals surface area contributed by atoms with Crippen LogP contribution in [0.25, 0.3) is 0 Å². The molecule has 1 amide bonds. The van der Waals surface area contributed by atoms with Gasteiger partial charge >= 0.3 is 0 Å². The monoisotopic (exact) mass is 412 g/mol. The molecule has 6 nitrogen and oxygen atoms in total. The molecular weight excluding hydrogens is 388 g/mol. The summed E-state index contributed by atoms with van der Waals surface area (Å²) in [5.74, 6) is 0.170. The van der Waals surface area contributed by atoms with E-state index in [2.05, 4.69) is 11.4 Å². The molecule has 0 radical (unpaired) electrons. The van der Waals surface area contributed by atoms with Crippen LogP contribution in [-0.4, -0.2) is 25.3 Å². The van der Waals surface area contributed by atoms with Gasteiger partial charge < -0.3 is 10.1 Å². The second kappa shape index (κ2) is 8.26. The minimum atomic E-state index is -3.51. The minimum absolute atomic E-state index is 0.317. The summed E-state index contributed by atoms with van der Waals surface area (Å²) in [5.41, 5.74) is 2.81. The third kappa shape index (κ3) is 4.43. The number of ether oxygens (including phenoxy) is 1. The van der Waals surface area contributed by atoms with Crippen molar-refractivity contribution in [2.75, 3.05) is 11.6 Å². The second-order valence-corrected chi connectivity index (χ2v) is 9.83. The molecule has 2 aromatic rings. The summed E-state index contributed by atoms with van der Waals surface area (Å²) in [6.45, 7) is 2.15. The van der Waals surface area contributed by atoms with Gasteiger partial charge in [0.2, 0.25) is 5.91 Å². The van der Waals surface area contributed by atoms with Gasteiger partial charge in [0.25, 0.3) is 0 Å². The highest BCUT2D eigenvalue weighted by atomic mass is 32.2. The first-order chi connectivity index (χ1) is 13.7. The number of anilines is 1. The molecule has 0 unspecified atom stereocenters. The van der Waals surface area contributed by atoms with Gasteiger partial charge in [-0.05, 0) is 61.2 Å². The van der Waals surface area contributed by atoms with Crippen molar-refractivity contribution in [3.63, 3.8) is 0 Å². The van der Waals surface area contributed by atoms with E-state index in [1.165, 1.54) is 0 Å². The lowest BCUT2D eigenvalue weighted by atomic mass is 10.1. The fourth-order valence-corrected chi connectivity index (χ4v) is 5.13. The standard InChI is InChI=1S/C22H24N2O4S/c1-16-12-19(28-15-18-7-5-6-17(13-18)14-23)8-9-20(16)24-21(25)22(29(2,26)27)10-3-4-11-22/h5-9,12-13H,3-4,10-11,15H2,1-2H3,(H,24,25). The van der Waals surface area contributed by atoms with Crippen LogP contribution < -0.4 is 10.1 Å². The third-order valence-electron chi connectivity index (χ3n) is 5.44. The molecule has 0 heterocycles. The first-order valence-corrected chi connectivity index (χ1v) is 11.4. The largest absolute Gasteiger partial charge is 0.489 e. The van der Waals surface area contributed by atoms with E-state index in [0.717, 1.165) is 30.2 Å². The Kier molecular flexibility index (Phi) is 5.94. The van der Waals surface area contributed by atoms with Gasteiger partial charge in [-0.3, -0.25) is 4.79 Å². The van der Waals surface area contributed by atoms with Crippen LogP contribution in [0.1, 0.15) is 42.4 Å². The number of aryl methyl sites for hydroxylation is 1. The van der Waals surface area contributed by atoms with Crippen molar-refractivity contribution in [2.24, 2.45) is 0 Å². The van der Waals surface area contributed by atoms with Crippen LogP contribution >= 0.6 is 0 Å². The van der Waals surface area contributed by atoms with Gasteiger partial charge in [-0.15, -0.1) is 0 Å². The lowest BCUT2D eigenvalue weighted by Crippen LogP contribution is -2.47. The Hall–Kier alpha value is -2.85. The molecule has 0 saturated heterocycles. The molecule has 0 aliphatic heterocycles. The Labute approximate surface area is 171 Å². The molecule has 1 fully saturated rings. The topological polar surface area (TPSA) is 96.3 Å². The van der Waals surface area contributed by atoms with Crippen LogP contribution in [0, 0.1) is 18.3 Å². The lowest BCUT2D eigenvalue weighted by Gasteiger charge is -2.26. The molecule has 1 saturated carbocycles. The van der Waals surface area contributed by atoms with E-state index in [-0.39, 0.29) is 0 Å². The third-order valence-corrected chi connectivity index (χ3v) is 7.46. The van der Waals surface area contributed by atoms with Crippen LogP contribution in [0.4, 0.5) is 5.69 Å². The zero-order valence-corrected chi connectivity index (χ0v) is 17.4. The van der Waals surface area contributed by atoms with Crippen molar-refractivity contribution in [3.05, 3.63) is 59.2 Å². The number of benzene rings is 2. The fourth-order valence-electron chi connectivity index (χ4n) is 3.71. The summed E-state index contributed by atoms with van der Waals surface area (Å²) in [6.07, 6.45) is 3.33. The van der Waals surface area contributed by atoms with Gasteiger partial charge in [0.15, 0.2) is 14.6 Å². The van der Waals surface area contributed by atoms with Crippen LogP contribution in [0.5, 0.6) is 5.75 Å². The average molecular weight is 413 g/mol. The predicted octanol–water partition coefficient (Wildman–Crippen LogP) is 3.74. The second-order valence-electron chi connectivity index (χ2n) is 7.51. The molecular formula is C22H24N2O4S. The van der Waals surface area contributed by atoms with Crippen molar-refractivity contribution >= 4 is 21.4 Å². The number of nitrogens with one attached hydrogen (secondary N) is 1. The number of hydrogen-bond acceptors (Lipinski definition) is 5. The van der Waals surface area contributed by atoms with E-state index >= 15 is 0 Å². The molecule has 0 bridgehead atoms. The molecule has 0 aromatic heterocycles. The summed E-state index contributed by atoms with van der Waals surface area (Å²) in [6, 6.07) is 14.5. The highest BCUT2D eigenvalue weighted by Gasteiger charge is 2.50.